The molecular formula is C18H28ClNO. The van der Waals surface area contributed by atoms with E-state index in [-0.39, 0.29) is 6.10 Å². The van der Waals surface area contributed by atoms with Gasteiger partial charge in [0.1, 0.15) is 0 Å². The average molecular weight is 310 g/mol. The maximum absolute atomic E-state index is 10.3. The first-order valence-electron chi connectivity index (χ1n) is 8.19. The lowest BCUT2D eigenvalue weighted by molar-refractivity contribution is 0.0288. The van der Waals surface area contributed by atoms with Crippen molar-refractivity contribution in [2.45, 2.75) is 51.7 Å². The summed E-state index contributed by atoms with van der Waals surface area (Å²) in [6.45, 7) is 4.11. The van der Waals surface area contributed by atoms with Gasteiger partial charge in [-0.2, -0.15) is 0 Å². The van der Waals surface area contributed by atoms with Crippen molar-refractivity contribution in [3.8, 4) is 0 Å². The van der Waals surface area contributed by atoms with Crippen molar-refractivity contribution in [1.82, 2.24) is 4.90 Å². The molecule has 3 unspecified atom stereocenters. The largest absolute Gasteiger partial charge is 0.393 e. The summed E-state index contributed by atoms with van der Waals surface area (Å²) in [5, 5.41) is 11.1. The molecule has 0 amide bonds. The Balaban J connectivity index is 1.87. The third-order valence-corrected chi connectivity index (χ3v) is 4.87. The second kappa shape index (κ2) is 8.17. The number of rotatable bonds is 6. The van der Waals surface area contributed by atoms with E-state index in [1.54, 1.807) is 0 Å². The number of aliphatic hydroxyl groups is 1. The highest BCUT2D eigenvalue weighted by atomic mass is 35.5. The van der Waals surface area contributed by atoms with E-state index in [4.69, 9.17) is 11.6 Å². The lowest BCUT2D eigenvalue weighted by Crippen LogP contribution is -2.37. The molecule has 1 aliphatic carbocycles. The predicted octanol–water partition coefficient (Wildman–Crippen LogP) is 4.35. The standard InChI is InChI=1S/C18H28ClNO/c1-3-5-14-8-9-18(21)16(10-14)13-20(2)12-15-6-4-7-17(19)11-15/h4,6-7,11,14,16,18,21H,3,5,8-10,12-13H2,1-2H3. The molecule has 0 aliphatic heterocycles. The minimum Gasteiger partial charge on any atom is -0.393 e. The zero-order valence-corrected chi connectivity index (χ0v) is 14.0. The molecule has 0 radical (unpaired) electrons. The summed E-state index contributed by atoms with van der Waals surface area (Å²) in [6.07, 6.45) is 5.78. The highest BCUT2D eigenvalue weighted by molar-refractivity contribution is 6.30. The van der Waals surface area contributed by atoms with Gasteiger partial charge in [-0.1, -0.05) is 43.5 Å². The zero-order valence-electron chi connectivity index (χ0n) is 13.3. The molecule has 1 aromatic rings. The van der Waals surface area contributed by atoms with Gasteiger partial charge in [0.05, 0.1) is 6.10 Å². The Hall–Kier alpha value is -0.570. The highest BCUT2D eigenvalue weighted by Crippen LogP contribution is 2.32. The Kier molecular flexibility index (Phi) is 6.53. The Labute approximate surface area is 134 Å². The van der Waals surface area contributed by atoms with Crippen LogP contribution in [0, 0.1) is 11.8 Å². The van der Waals surface area contributed by atoms with E-state index in [2.05, 4.69) is 24.9 Å². The molecule has 21 heavy (non-hydrogen) atoms. The van der Waals surface area contributed by atoms with E-state index in [1.165, 1.54) is 31.2 Å². The van der Waals surface area contributed by atoms with Gasteiger partial charge >= 0.3 is 0 Å². The van der Waals surface area contributed by atoms with Crippen LogP contribution < -0.4 is 0 Å². The van der Waals surface area contributed by atoms with Crippen LogP contribution in [0.2, 0.25) is 5.02 Å². The Morgan fingerprint density at radius 1 is 1.33 bits per heavy atom. The van der Waals surface area contributed by atoms with Crippen molar-refractivity contribution < 1.29 is 5.11 Å². The average Bonchev–Trinajstić information content (AvgIpc) is 2.43. The Bertz CT molecular complexity index is 437. The fourth-order valence-corrected chi connectivity index (χ4v) is 3.84. The molecule has 3 heteroatoms. The van der Waals surface area contributed by atoms with Gasteiger partial charge in [0, 0.05) is 18.1 Å². The predicted molar refractivity (Wildman–Crippen MR) is 89.5 cm³/mol. The number of aliphatic hydroxyl groups excluding tert-OH is 1. The molecule has 118 valence electrons. The molecule has 1 saturated carbocycles. The third kappa shape index (κ3) is 5.28. The zero-order chi connectivity index (χ0) is 15.2. The maximum Gasteiger partial charge on any atom is 0.0580 e. The van der Waals surface area contributed by atoms with Crippen LogP contribution in [-0.4, -0.2) is 29.7 Å². The van der Waals surface area contributed by atoms with Gasteiger partial charge in [-0.05, 0) is 55.8 Å². The number of hydrogen-bond acceptors (Lipinski definition) is 2. The summed E-state index contributed by atoms with van der Waals surface area (Å²) in [6, 6.07) is 8.04. The summed E-state index contributed by atoms with van der Waals surface area (Å²) in [5.41, 5.74) is 1.24. The topological polar surface area (TPSA) is 23.5 Å². The van der Waals surface area contributed by atoms with Gasteiger partial charge < -0.3 is 10.0 Å². The van der Waals surface area contributed by atoms with Crippen LogP contribution >= 0.6 is 11.6 Å². The quantitative estimate of drug-likeness (QED) is 0.844. The summed E-state index contributed by atoms with van der Waals surface area (Å²) in [7, 11) is 2.14. The van der Waals surface area contributed by atoms with Gasteiger partial charge in [-0.15, -0.1) is 0 Å². The summed E-state index contributed by atoms with van der Waals surface area (Å²) in [5.74, 6) is 1.22. The fourth-order valence-electron chi connectivity index (χ4n) is 3.62. The van der Waals surface area contributed by atoms with Crippen molar-refractivity contribution in [1.29, 1.82) is 0 Å². The fraction of sp³-hybridized carbons (Fsp3) is 0.667. The SMILES string of the molecule is CCCC1CCC(O)C(CN(C)Cc2cccc(Cl)c2)C1. The molecule has 1 fully saturated rings. The van der Waals surface area contributed by atoms with Crippen LogP contribution in [-0.2, 0) is 6.54 Å². The first-order valence-corrected chi connectivity index (χ1v) is 8.57. The van der Waals surface area contributed by atoms with Crippen molar-refractivity contribution in [3.05, 3.63) is 34.9 Å². The van der Waals surface area contributed by atoms with E-state index in [1.807, 2.05) is 18.2 Å². The molecule has 2 rings (SSSR count). The molecule has 0 saturated heterocycles. The molecule has 1 aromatic carbocycles. The normalized spacial score (nSPS) is 26.2. The van der Waals surface area contributed by atoms with E-state index < -0.39 is 0 Å². The lowest BCUT2D eigenvalue weighted by atomic mass is 9.77. The number of hydrogen-bond donors (Lipinski definition) is 1. The minimum absolute atomic E-state index is 0.125. The van der Waals surface area contributed by atoms with Crippen molar-refractivity contribution in [3.63, 3.8) is 0 Å². The molecule has 1 N–H and O–H groups in total. The van der Waals surface area contributed by atoms with E-state index in [0.717, 1.165) is 30.5 Å². The smallest absolute Gasteiger partial charge is 0.0580 e. The van der Waals surface area contributed by atoms with Crippen LogP contribution in [0.1, 0.15) is 44.6 Å². The molecular weight excluding hydrogens is 282 g/mol. The monoisotopic (exact) mass is 309 g/mol. The van der Waals surface area contributed by atoms with Crippen LogP contribution in [0.4, 0.5) is 0 Å². The van der Waals surface area contributed by atoms with Crippen LogP contribution in [0.15, 0.2) is 24.3 Å². The second-order valence-electron chi connectivity index (χ2n) is 6.62. The Morgan fingerprint density at radius 3 is 2.86 bits per heavy atom. The number of benzene rings is 1. The van der Waals surface area contributed by atoms with Crippen molar-refractivity contribution in [2.75, 3.05) is 13.6 Å². The van der Waals surface area contributed by atoms with Crippen molar-refractivity contribution in [2.24, 2.45) is 11.8 Å². The molecule has 1 aliphatic rings. The van der Waals surface area contributed by atoms with Crippen LogP contribution in [0.5, 0.6) is 0 Å². The highest BCUT2D eigenvalue weighted by Gasteiger charge is 2.29. The third-order valence-electron chi connectivity index (χ3n) is 4.64. The minimum atomic E-state index is -0.125. The molecule has 0 aromatic heterocycles. The molecule has 0 spiro atoms. The van der Waals surface area contributed by atoms with Gasteiger partial charge in [0.25, 0.3) is 0 Å². The molecule has 3 atom stereocenters. The lowest BCUT2D eigenvalue weighted by Gasteiger charge is -2.35. The van der Waals surface area contributed by atoms with Crippen molar-refractivity contribution >= 4 is 11.6 Å². The number of nitrogens with zero attached hydrogens (tertiary/aromatic N) is 1. The van der Waals surface area contributed by atoms with Crippen LogP contribution in [0.25, 0.3) is 0 Å². The van der Waals surface area contributed by atoms with E-state index >= 15 is 0 Å². The van der Waals surface area contributed by atoms with Gasteiger partial charge in [0.15, 0.2) is 0 Å². The second-order valence-corrected chi connectivity index (χ2v) is 7.06. The van der Waals surface area contributed by atoms with Gasteiger partial charge in [-0.3, -0.25) is 0 Å². The molecule has 2 nitrogen and oxygen atoms in total. The Morgan fingerprint density at radius 2 is 2.14 bits per heavy atom. The van der Waals surface area contributed by atoms with Gasteiger partial charge in [0.2, 0.25) is 0 Å². The maximum atomic E-state index is 10.3. The van der Waals surface area contributed by atoms with E-state index in [0.29, 0.717) is 5.92 Å². The molecule has 0 heterocycles. The van der Waals surface area contributed by atoms with E-state index in [9.17, 15) is 5.11 Å². The van der Waals surface area contributed by atoms with Crippen LogP contribution in [0.3, 0.4) is 0 Å². The summed E-state index contributed by atoms with van der Waals surface area (Å²) in [4.78, 5) is 2.31. The van der Waals surface area contributed by atoms with Gasteiger partial charge in [-0.25, -0.2) is 0 Å². The first-order chi connectivity index (χ1) is 10.1. The molecule has 0 bridgehead atoms. The number of halogens is 1. The summed E-state index contributed by atoms with van der Waals surface area (Å²) < 4.78 is 0. The summed E-state index contributed by atoms with van der Waals surface area (Å²) >= 11 is 6.04. The first kappa shape index (κ1) is 16.8.